The second-order valence-corrected chi connectivity index (χ2v) is 9.24. The summed E-state index contributed by atoms with van der Waals surface area (Å²) in [5.41, 5.74) is 0.400. The minimum atomic E-state index is -3.51. The van der Waals surface area contributed by atoms with Crippen LogP contribution < -0.4 is 5.32 Å². The minimum Gasteiger partial charge on any atom is -0.469 e. The number of thiophene rings is 1. The molecule has 1 amide bonds. The molecule has 2 heterocycles. The van der Waals surface area contributed by atoms with Crippen molar-refractivity contribution in [3.63, 3.8) is 0 Å². The van der Waals surface area contributed by atoms with Crippen LogP contribution in [0.15, 0.2) is 69.5 Å². The Morgan fingerprint density at radius 1 is 1.15 bits per heavy atom. The summed E-state index contributed by atoms with van der Waals surface area (Å²) in [5, 5.41) is 4.89. The van der Waals surface area contributed by atoms with Crippen molar-refractivity contribution in [1.82, 2.24) is 9.62 Å². The number of benzene rings is 1. The van der Waals surface area contributed by atoms with Gasteiger partial charge < -0.3 is 9.73 Å². The van der Waals surface area contributed by atoms with E-state index in [0.29, 0.717) is 12.1 Å². The molecule has 3 aromatic rings. The number of furan rings is 1. The van der Waals surface area contributed by atoms with E-state index < -0.39 is 10.0 Å². The quantitative estimate of drug-likeness (QED) is 0.656. The van der Waals surface area contributed by atoms with E-state index in [1.165, 1.54) is 38.4 Å². The normalized spacial score (nSPS) is 12.9. The largest absolute Gasteiger partial charge is 0.469 e. The Balaban J connectivity index is 1.71. The number of amides is 1. The van der Waals surface area contributed by atoms with Crippen LogP contribution in [0.1, 0.15) is 26.9 Å². The van der Waals surface area contributed by atoms with Gasteiger partial charge in [-0.25, -0.2) is 12.7 Å². The standard InChI is InChI=1S/C19H20N2O4S2/c1-21(2)27(23,24)15-9-7-14(8-10-15)19(22)20-13-16(17-5-3-11-25-17)18-6-4-12-26-18/h3-12,16H,13H2,1-2H3,(H,20,22). The second kappa shape index (κ2) is 8.08. The summed E-state index contributed by atoms with van der Waals surface area (Å²) in [6.07, 6.45) is 1.61. The Kier molecular flexibility index (Phi) is 5.79. The lowest BCUT2D eigenvalue weighted by Gasteiger charge is -2.15. The van der Waals surface area contributed by atoms with Crippen molar-refractivity contribution in [1.29, 1.82) is 0 Å². The Bertz CT molecular complexity index is 943. The summed E-state index contributed by atoms with van der Waals surface area (Å²) >= 11 is 1.60. The molecule has 0 spiro atoms. The SMILES string of the molecule is CN(C)S(=O)(=O)c1ccc(C(=O)NCC(c2ccco2)c2cccs2)cc1. The van der Waals surface area contributed by atoms with Crippen LogP contribution in [0.3, 0.4) is 0 Å². The molecular formula is C19H20N2O4S2. The van der Waals surface area contributed by atoms with Gasteiger partial charge in [0.2, 0.25) is 10.0 Å². The van der Waals surface area contributed by atoms with Crippen molar-refractivity contribution in [2.45, 2.75) is 10.8 Å². The van der Waals surface area contributed by atoms with Gasteiger partial charge in [0.25, 0.3) is 5.91 Å². The molecule has 0 bridgehead atoms. The predicted molar refractivity (Wildman–Crippen MR) is 105 cm³/mol. The van der Waals surface area contributed by atoms with E-state index in [2.05, 4.69) is 5.32 Å². The van der Waals surface area contributed by atoms with Gasteiger partial charge in [-0.05, 0) is 47.8 Å². The molecule has 3 rings (SSSR count). The van der Waals surface area contributed by atoms with Gasteiger partial charge in [0, 0.05) is 31.1 Å². The maximum atomic E-state index is 12.5. The first-order valence-corrected chi connectivity index (χ1v) is 10.6. The highest BCUT2D eigenvalue weighted by Gasteiger charge is 2.20. The molecule has 0 radical (unpaired) electrons. The van der Waals surface area contributed by atoms with Crippen LogP contribution in [0.4, 0.5) is 0 Å². The monoisotopic (exact) mass is 404 g/mol. The summed E-state index contributed by atoms with van der Waals surface area (Å²) in [4.78, 5) is 13.7. The van der Waals surface area contributed by atoms with E-state index in [0.717, 1.165) is 14.9 Å². The Morgan fingerprint density at radius 2 is 1.89 bits per heavy atom. The van der Waals surface area contributed by atoms with Crippen molar-refractivity contribution in [2.24, 2.45) is 0 Å². The number of hydrogen-bond donors (Lipinski definition) is 1. The molecule has 1 atom stereocenters. The maximum absolute atomic E-state index is 12.5. The molecular weight excluding hydrogens is 384 g/mol. The zero-order valence-corrected chi connectivity index (χ0v) is 16.6. The smallest absolute Gasteiger partial charge is 0.251 e. The molecule has 142 valence electrons. The Labute approximate surface area is 162 Å². The molecule has 0 saturated carbocycles. The number of nitrogens with one attached hydrogen (secondary N) is 1. The van der Waals surface area contributed by atoms with Crippen molar-refractivity contribution in [3.8, 4) is 0 Å². The molecule has 0 saturated heterocycles. The lowest BCUT2D eigenvalue weighted by Crippen LogP contribution is -2.28. The number of sulfonamides is 1. The molecule has 2 aromatic heterocycles. The summed E-state index contributed by atoms with van der Waals surface area (Å²) in [7, 11) is -0.579. The third-order valence-electron chi connectivity index (χ3n) is 4.14. The van der Waals surface area contributed by atoms with Crippen LogP contribution in [0.5, 0.6) is 0 Å². The van der Waals surface area contributed by atoms with Crippen molar-refractivity contribution in [2.75, 3.05) is 20.6 Å². The Hall–Kier alpha value is -2.42. The summed E-state index contributed by atoms with van der Waals surface area (Å²) in [6, 6.07) is 13.6. The zero-order valence-electron chi connectivity index (χ0n) is 15.0. The fraction of sp³-hybridized carbons (Fsp3) is 0.211. The molecule has 1 unspecified atom stereocenters. The average molecular weight is 405 g/mol. The second-order valence-electron chi connectivity index (χ2n) is 6.11. The highest BCUT2D eigenvalue weighted by Crippen LogP contribution is 2.28. The van der Waals surface area contributed by atoms with Crippen LogP contribution in [0.25, 0.3) is 0 Å². The lowest BCUT2D eigenvalue weighted by atomic mass is 10.0. The molecule has 0 aliphatic carbocycles. The highest BCUT2D eigenvalue weighted by atomic mass is 32.2. The number of carbonyl (C=O) groups is 1. The van der Waals surface area contributed by atoms with E-state index >= 15 is 0 Å². The first-order chi connectivity index (χ1) is 12.9. The molecule has 1 aromatic carbocycles. The number of rotatable bonds is 7. The number of hydrogen-bond acceptors (Lipinski definition) is 5. The fourth-order valence-electron chi connectivity index (χ4n) is 2.61. The third kappa shape index (κ3) is 4.29. The third-order valence-corrected chi connectivity index (χ3v) is 6.95. The lowest BCUT2D eigenvalue weighted by molar-refractivity contribution is 0.0952. The van der Waals surface area contributed by atoms with Crippen LogP contribution in [-0.2, 0) is 10.0 Å². The van der Waals surface area contributed by atoms with E-state index in [1.807, 2.05) is 29.6 Å². The summed E-state index contributed by atoms with van der Waals surface area (Å²) in [5.74, 6) is 0.444. The zero-order chi connectivity index (χ0) is 19.4. The summed E-state index contributed by atoms with van der Waals surface area (Å²) < 4.78 is 30.9. The van der Waals surface area contributed by atoms with Gasteiger partial charge >= 0.3 is 0 Å². The Morgan fingerprint density at radius 3 is 2.44 bits per heavy atom. The first kappa shape index (κ1) is 19.3. The average Bonchev–Trinajstić information content (AvgIpc) is 3.36. The van der Waals surface area contributed by atoms with Gasteiger partial charge in [0.15, 0.2) is 0 Å². The van der Waals surface area contributed by atoms with Gasteiger partial charge in [-0.3, -0.25) is 4.79 Å². The molecule has 0 aliphatic rings. The van der Waals surface area contributed by atoms with E-state index in [-0.39, 0.29) is 16.7 Å². The van der Waals surface area contributed by atoms with E-state index in [9.17, 15) is 13.2 Å². The van der Waals surface area contributed by atoms with E-state index in [4.69, 9.17) is 4.42 Å². The van der Waals surface area contributed by atoms with Crippen LogP contribution in [0.2, 0.25) is 0 Å². The first-order valence-electron chi connectivity index (χ1n) is 8.27. The van der Waals surface area contributed by atoms with Gasteiger partial charge in [-0.15, -0.1) is 11.3 Å². The summed E-state index contributed by atoms with van der Waals surface area (Å²) in [6.45, 7) is 0.380. The molecule has 0 aliphatic heterocycles. The fourth-order valence-corrected chi connectivity index (χ4v) is 4.34. The van der Waals surface area contributed by atoms with Crippen LogP contribution in [0, 0.1) is 0 Å². The van der Waals surface area contributed by atoms with Gasteiger partial charge in [-0.2, -0.15) is 0 Å². The maximum Gasteiger partial charge on any atom is 0.251 e. The number of carbonyl (C=O) groups excluding carboxylic acids is 1. The topological polar surface area (TPSA) is 79.6 Å². The van der Waals surface area contributed by atoms with Crippen LogP contribution >= 0.6 is 11.3 Å². The van der Waals surface area contributed by atoms with Gasteiger partial charge in [0.05, 0.1) is 17.1 Å². The molecule has 6 nitrogen and oxygen atoms in total. The number of nitrogens with zero attached hydrogens (tertiary/aromatic N) is 1. The van der Waals surface area contributed by atoms with Gasteiger partial charge in [0.1, 0.15) is 5.76 Å². The highest BCUT2D eigenvalue weighted by molar-refractivity contribution is 7.89. The molecule has 0 fully saturated rings. The van der Waals surface area contributed by atoms with Crippen molar-refractivity contribution in [3.05, 3.63) is 76.4 Å². The van der Waals surface area contributed by atoms with Gasteiger partial charge in [-0.1, -0.05) is 6.07 Å². The predicted octanol–water partition coefficient (Wildman–Crippen LogP) is 3.15. The minimum absolute atomic E-state index is 0.0719. The molecule has 27 heavy (non-hydrogen) atoms. The van der Waals surface area contributed by atoms with Crippen molar-refractivity contribution < 1.29 is 17.6 Å². The van der Waals surface area contributed by atoms with Crippen LogP contribution in [-0.4, -0.2) is 39.3 Å². The molecule has 8 heteroatoms. The molecule has 1 N–H and O–H groups in total. The van der Waals surface area contributed by atoms with Crippen molar-refractivity contribution >= 4 is 27.3 Å². The van der Waals surface area contributed by atoms with E-state index in [1.54, 1.807) is 17.6 Å².